The Balaban J connectivity index is 4.26. The summed E-state index contributed by atoms with van der Waals surface area (Å²) in [7, 11) is 0. The molecule has 0 aromatic rings. The minimum Gasteiger partial charge on any atom is -0.481 e. The minimum absolute atomic E-state index is 0.0956. The first kappa shape index (κ1) is 31.2. The fraction of sp³-hybridized carbons (Fsp3) is 0.724. The first-order chi connectivity index (χ1) is 16.1. The van der Waals surface area contributed by atoms with Gasteiger partial charge in [-0.15, -0.1) is 0 Å². The third-order valence-electron chi connectivity index (χ3n) is 5.61. The Morgan fingerprint density at radius 3 is 1.88 bits per heavy atom. The second-order valence-electron chi connectivity index (χ2n) is 8.85. The van der Waals surface area contributed by atoms with E-state index >= 15 is 0 Å². The number of aliphatic carboxylic acids is 1. The zero-order valence-electron chi connectivity index (χ0n) is 21.4. The molecule has 0 aliphatic rings. The summed E-state index contributed by atoms with van der Waals surface area (Å²) in [6.45, 7) is 4.36. The van der Waals surface area contributed by atoms with Crippen LogP contribution in [0.1, 0.15) is 129 Å². The van der Waals surface area contributed by atoms with E-state index in [0.717, 1.165) is 57.8 Å². The van der Waals surface area contributed by atoms with Crippen molar-refractivity contribution >= 4 is 11.9 Å². The zero-order valence-corrected chi connectivity index (χ0v) is 21.4. The smallest absolute Gasteiger partial charge is 0.306 e. The van der Waals surface area contributed by atoms with Crippen molar-refractivity contribution in [3.8, 4) is 0 Å². The molecule has 1 atom stereocenters. The van der Waals surface area contributed by atoms with Crippen molar-refractivity contribution in [1.82, 2.24) is 0 Å². The van der Waals surface area contributed by atoms with Crippen molar-refractivity contribution in [2.24, 2.45) is 0 Å². The van der Waals surface area contributed by atoms with Crippen LogP contribution in [0, 0.1) is 0 Å². The van der Waals surface area contributed by atoms with Crippen molar-refractivity contribution < 1.29 is 19.4 Å². The van der Waals surface area contributed by atoms with Gasteiger partial charge in [-0.3, -0.25) is 9.59 Å². The van der Waals surface area contributed by atoms with Gasteiger partial charge in [-0.1, -0.05) is 102 Å². The van der Waals surface area contributed by atoms with Gasteiger partial charge in [0.2, 0.25) is 0 Å². The number of carboxylic acid groups (broad SMARTS) is 1. The van der Waals surface area contributed by atoms with Crippen molar-refractivity contribution in [2.45, 2.75) is 136 Å². The number of hydrogen-bond donors (Lipinski definition) is 1. The molecule has 0 radical (unpaired) electrons. The summed E-state index contributed by atoms with van der Waals surface area (Å²) in [5, 5.41) is 8.74. The van der Waals surface area contributed by atoms with Crippen LogP contribution in [0.2, 0.25) is 0 Å². The van der Waals surface area contributed by atoms with Crippen LogP contribution >= 0.6 is 0 Å². The lowest BCUT2D eigenvalue weighted by Gasteiger charge is -2.14. The molecular weight excluding hydrogens is 412 g/mol. The average molecular weight is 463 g/mol. The van der Waals surface area contributed by atoms with Gasteiger partial charge in [-0.2, -0.15) is 0 Å². The summed E-state index contributed by atoms with van der Waals surface area (Å²) in [5.41, 5.74) is 0. The fourth-order valence-corrected chi connectivity index (χ4v) is 3.64. The van der Waals surface area contributed by atoms with Crippen LogP contribution < -0.4 is 0 Å². The maximum Gasteiger partial charge on any atom is 0.306 e. The second kappa shape index (κ2) is 24.8. The van der Waals surface area contributed by atoms with Crippen LogP contribution in [0.25, 0.3) is 0 Å². The number of allylic oxidation sites excluding steroid dienone is 5. The van der Waals surface area contributed by atoms with E-state index in [1.165, 1.54) is 38.5 Å². The highest BCUT2D eigenvalue weighted by atomic mass is 16.5. The highest BCUT2D eigenvalue weighted by molar-refractivity contribution is 5.69. The molecule has 0 aromatic heterocycles. The van der Waals surface area contributed by atoms with Gasteiger partial charge in [0.1, 0.15) is 6.10 Å². The summed E-state index contributed by atoms with van der Waals surface area (Å²) in [6, 6.07) is 0. The number of esters is 1. The molecule has 33 heavy (non-hydrogen) atoms. The number of ether oxygens (including phenoxy) is 1. The standard InChI is InChI=1S/C29H50O4/c1-3-5-7-9-11-13-15-19-23-27(24-20-17-18-21-25-28(30)31)33-29(32)26-22-16-14-12-10-8-6-4-2/h5,7,11,13,19,23,27H,3-4,6,8-10,12,14-18,20-22,24-26H2,1-2H3,(H,30,31)/b7-5-,13-11-,23-19-. The Morgan fingerprint density at radius 1 is 0.697 bits per heavy atom. The maximum absolute atomic E-state index is 12.3. The van der Waals surface area contributed by atoms with Crippen molar-refractivity contribution in [1.29, 1.82) is 0 Å². The highest BCUT2D eigenvalue weighted by Gasteiger charge is 2.11. The quantitative estimate of drug-likeness (QED) is 0.0936. The van der Waals surface area contributed by atoms with Crippen molar-refractivity contribution in [2.75, 3.05) is 0 Å². The number of carbonyl (C=O) groups is 2. The van der Waals surface area contributed by atoms with Gasteiger partial charge in [-0.05, 0) is 51.0 Å². The average Bonchev–Trinajstić information content (AvgIpc) is 2.79. The molecular formula is C29H50O4. The Morgan fingerprint density at radius 2 is 1.24 bits per heavy atom. The van der Waals surface area contributed by atoms with E-state index in [-0.39, 0.29) is 18.5 Å². The molecule has 0 amide bonds. The van der Waals surface area contributed by atoms with Crippen LogP contribution in [0.5, 0.6) is 0 Å². The molecule has 0 saturated heterocycles. The van der Waals surface area contributed by atoms with Gasteiger partial charge in [0, 0.05) is 12.8 Å². The lowest BCUT2D eigenvalue weighted by molar-refractivity contribution is -0.147. The van der Waals surface area contributed by atoms with Gasteiger partial charge in [0.05, 0.1) is 0 Å². The molecule has 0 rings (SSSR count). The maximum atomic E-state index is 12.3. The zero-order chi connectivity index (χ0) is 24.4. The number of rotatable bonds is 23. The molecule has 0 aliphatic heterocycles. The molecule has 0 aliphatic carbocycles. The Hall–Kier alpha value is -1.84. The SMILES string of the molecule is CC/C=C\C/C=C\C/C=C\C(CCCCCCC(=O)O)OC(=O)CCCCCCCCCC. The predicted molar refractivity (Wildman–Crippen MR) is 139 cm³/mol. The monoisotopic (exact) mass is 462 g/mol. The van der Waals surface area contributed by atoms with E-state index in [1.54, 1.807) is 0 Å². The third kappa shape index (κ3) is 24.6. The molecule has 0 fully saturated rings. The van der Waals surface area contributed by atoms with E-state index in [0.29, 0.717) is 12.8 Å². The van der Waals surface area contributed by atoms with Crippen molar-refractivity contribution in [3.05, 3.63) is 36.5 Å². The number of carboxylic acids is 1. The van der Waals surface area contributed by atoms with E-state index in [1.807, 2.05) is 6.08 Å². The van der Waals surface area contributed by atoms with Crippen LogP contribution in [0.3, 0.4) is 0 Å². The topological polar surface area (TPSA) is 63.6 Å². The van der Waals surface area contributed by atoms with E-state index in [4.69, 9.17) is 9.84 Å². The van der Waals surface area contributed by atoms with Gasteiger partial charge >= 0.3 is 11.9 Å². The van der Waals surface area contributed by atoms with E-state index in [2.05, 4.69) is 44.2 Å². The van der Waals surface area contributed by atoms with Crippen LogP contribution in [-0.4, -0.2) is 23.1 Å². The molecule has 4 nitrogen and oxygen atoms in total. The Labute approximate surface area is 203 Å². The molecule has 0 saturated carbocycles. The largest absolute Gasteiger partial charge is 0.481 e. The van der Waals surface area contributed by atoms with E-state index < -0.39 is 5.97 Å². The minimum atomic E-state index is -0.732. The highest BCUT2D eigenvalue weighted by Crippen LogP contribution is 2.14. The lowest BCUT2D eigenvalue weighted by Crippen LogP contribution is -2.16. The molecule has 190 valence electrons. The van der Waals surface area contributed by atoms with Gasteiger partial charge < -0.3 is 9.84 Å². The normalized spacial score (nSPS) is 12.8. The van der Waals surface area contributed by atoms with Crippen LogP contribution in [0.15, 0.2) is 36.5 Å². The summed E-state index contributed by atoms with van der Waals surface area (Å²) in [5.74, 6) is -0.828. The summed E-state index contributed by atoms with van der Waals surface area (Å²) in [4.78, 5) is 22.9. The lowest BCUT2D eigenvalue weighted by atomic mass is 10.1. The summed E-state index contributed by atoms with van der Waals surface area (Å²) >= 11 is 0. The molecule has 0 aromatic carbocycles. The molecule has 0 heterocycles. The first-order valence-electron chi connectivity index (χ1n) is 13.5. The first-order valence-corrected chi connectivity index (χ1v) is 13.5. The fourth-order valence-electron chi connectivity index (χ4n) is 3.64. The van der Waals surface area contributed by atoms with Crippen LogP contribution in [0.4, 0.5) is 0 Å². The molecule has 1 unspecified atom stereocenters. The van der Waals surface area contributed by atoms with Gasteiger partial charge in [-0.25, -0.2) is 0 Å². The number of hydrogen-bond acceptors (Lipinski definition) is 3. The predicted octanol–water partition coefficient (Wildman–Crippen LogP) is 8.71. The van der Waals surface area contributed by atoms with E-state index in [9.17, 15) is 9.59 Å². The second-order valence-corrected chi connectivity index (χ2v) is 8.85. The summed E-state index contributed by atoms with van der Waals surface area (Å²) < 4.78 is 5.76. The molecule has 4 heteroatoms. The number of unbranched alkanes of at least 4 members (excludes halogenated alkanes) is 10. The van der Waals surface area contributed by atoms with Crippen molar-refractivity contribution in [3.63, 3.8) is 0 Å². The molecule has 0 spiro atoms. The van der Waals surface area contributed by atoms with Gasteiger partial charge in [0.15, 0.2) is 0 Å². The summed E-state index contributed by atoms with van der Waals surface area (Å²) in [6.07, 6.45) is 30.2. The van der Waals surface area contributed by atoms with Crippen LogP contribution in [-0.2, 0) is 14.3 Å². The molecule has 0 bridgehead atoms. The Kier molecular flexibility index (Phi) is 23.4. The Bertz CT molecular complexity index is 548. The third-order valence-corrected chi connectivity index (χ3v) is 5.61. The number of carbonyl (C=O) groups excluding carboxylic acids is 1. The molecule has 1 N–H and O–H groups in total. The van der Waals surface area contributed by atoms with Gasteiger partial charge in [0.25, 0.3) is 0 Å².